The van der Waals surface area contributed by atoms with Crippen LogP contribution in [-0.4, -0.2) is 58.5 Å². The summed E-state index contributed by atoms with van der Waals surface area (Å²) in [4.78, 5) is 2.22. The second kappa shape index (κ2) is 8.47. The number of hydrogen-bond donors (Lipinski definition) is 1. The zero-order valence-corrected chi connectivity index (χ0v) is 14.9. The van der Waals surface area contributed by atoms with Gasteiger partial charge in [0.25, 0.3) is 10.2 Å². The second-order valence-corrected chi connectivity index (χ2v) is 7.12. The van der Waals surface area contributed by atoms with E-state index in [9.17, 15) is 8.42 Å². The van der Waals surface area contributed by atoms with E-state index >= 15 is 0 Å². The maximum atomic E-state index is 11.9. The summed E-state index contributed by atoms with van der Waals surface area (Å²) in [6.07, 6.45) is 0. The molecule has 6 nitrogen and oxygen atoms in total. The lowest BCUT2D eigenvalue weighted by Gasteiger charge is -2.30. The average Bonchev–Trinajstić information content (AvgIpc) is 2.51. The molecule has 22 heavy (non-hydrogen) atoms. The van der Waals surface area contributed by atoms with Crippen LogP contribution in [0, 0.1) is 0 Å². The van der Waals surface area contributed by atoms with E-state index < -0.39 is 10.2 Å². The standard InChI is InChI=1S/C15H27N3O3S/c1-6-18(7-2)15(12-16-22(19,20)17(3)4)13-8-10-14(21-5)11-9-13/h8-11,15-16H,6-7,12H2,1-5H3. The topological polar surface area (TPSA) is 61.9 Å². The third-order valence-electron chi connectivity index (χ3n) is 3.69. The van der Waals surface area contributed by atoms with Crippen LogP contribution in [0.1, 0.15) is 25.5 Å². The minimum absolute atomic E-state index is 0.0179. The van der Waals surface area contributed by atoms with E-state index in [0.717, 1.165) is 24.4 Å². The van der Waals surface area contributed by atoms with E-state index in [4.69, 9.17) is 4.74 Å². The summed E-state index contributed by atoms with van der Waals surface area (Å²) in [5, 5.41) is 0. The fourth-order valence-corrected chi connectivity index (χ4v) is 2.89. The minimum Gasteiger partial charge on any atom is -0.497 e. The Labute approximate surface area is 134 Å². The van der Waals surface area contributed by atoms with E-state index in [-0.39, 0.29) is 6.04 Å². The maximum Gasteiger partial charge on any atom is 0.278 e. The Balaban J connectivity index is 2.97. The molecule has 0 aliphatic carbocycles. The first-order valence-electron chi connectivity index (χ1n) is 7.40. The monoisotopic (exact) mass is 329 g/mol. The lowest BCUT2D eigenvalue weighted by molar-refractivity contribution is 0.219. The molecule has 1 rings (SSSR count). The van der Waals surface area contributed by atoms with Crippen molar-refractivity contribution in [3.63, 3.8) is 0 Å². The smallest absolute Gasteiger partial charge is 0.278 e. The van der Waals surface area contributed by atoms with Gasteiger partial charge in [-0.25, -0.2) is 4.72 Å². The highest BCUT2D eigenvalue weighted by Crippen LogP contribution is 2.22. The van der Waals surface area contributed by atoms with Crippen molar-refractivity contribution in [2.75, 3.05) is 40.8 Å². The highest BCUT2D eigenvalue weighted by atomic mass is 32.2. The summed E-state index contributed by atoms with van der Waals surface area (Å²) in [6, 6.07) is 7.73. The number of hydrogen-bond acceptors (Lipinski definition) is 4. The molecule has 1 atom stereocenters. The fraction of sp³-hybridized carbons (Fsp3) is 0.600. The summed E-state index contributed by atoms with van der Waals surface area (Å²) in [5.74, 6) is 0.788. The van der Waals surface area contributed by atoms with E-state index in [2.05, 4.69) is 23.5 Å². The third kappa shape index (κ3) is 4.95. The van der Waals surface area contributed by atoms with Crippen LogP contribution < -0.4 is 9.46 Å². The Morgan fingerprint density at radius 2 is 1.68 bits per heavy atom. The van der Waals surface area contributed by atoms with Gasteiger partial charge in [0.15, 0.2) is 0 Å². The van der Waals surface area contributed by atoms with Gasteiger partial charge < -0.3 is 4.74 Å². The quantitative estimate of drug-likeness (QED) is 0.745. The molecule has 1 aromatic rings. The van der Waals surface area contributed by atoms with Crippen molar-refractivity contribution in [1.29, 1.82) is 0 Å². The van der Waals surface area contributed by atoms with E-state index in [1.807, 2.05) is 24.3 Å². The highest BCUT2D eigenvalue weighted by molar-refractivity contribution is 7.87. The summed E-state index contributed by atoms with van der Waals surface area (Å²) in [5.41, 5.74) is 1.06. The molecular formula is C15H27N3O3S. The van der Waals surface area contributed by atoms with Crippen molar-refractivity contribution >= 4 is 10.2 Å². The molecule has 0 aliphatic rings. The first kappa shape index (κ1) is 18.9. The van der Waals surface area contributed by atoms with Gasteiger partial charge in [0.05, 0.1) is 7.11 Å². The molecule has 0 spiro atoms. The molecular weight excluding hydrogens is 302 g/mol. The Kier molecular flexibility index (Phi) is 7.28. The normalized spacial score (nSPS) is 13.6. The molecule has 0 aliphatic heterocycles. The number of nitrogens with zero attached hydrogens (tertiary/aromatic N) is 2. The summed E-state index contributed by atoms with van der Waals surface area (Å²) in [6.45, 7) is 6.16. The lowest BCUT2D eigenvalue weighted by Crippen LogP contribution is -2.42. The molecule has 0 amide bonds. The van der Waals surface area contributed by atoms with Gasteiger partial charge in [0.2, 0.25) is 0 Å². The van der Waals surface area contributed by atoms with Gasteiger partial charge in [-0.1, -0.05) is 26.0 Å². The Morgan fingerprint density at radius 3 is 2.09 bits per heavy atom. The van der Waals surface area contributed by atoms with Crippen molar-refractivity contribution in [3.8, 4) is 5.75 Å². The van der Waals surface area contributed by atoms with Gasteiger partial charge in [0.1, 0.15) is 5.75 Å². The Bertz CT molecular complexity index is 540. The Hall–Kier alpha value is -1.15. The van der Waals surface area contributed by atoms with Crippen molar-refractivity contribution in [3.05, 3.63) is 29.8 Å². The molecule has 7 heteroatoms. The molecule has 0 heterocycles. The largest absolute Gasteiger partial charge is 0.497 e. The first-order valence-corrected chi connectivity index (χ1v) is 8.84. The van der Waals surface area contributed by atoms with Crippen molar-refractivity contribution in [2.24, 2.45) is 0 Å². The number of rotatable bonds is 9. The average molecular weight is 329 g/mol. The molecule has 0 aromatic heterocycles. The van der Waals surface area contributed by atoms with Crippen LogP contribution in [0.3, 0.4) is 0 Å². The second-order valence-electron chi connectivity index (χ2n) is 5.15. The van der Waals surface area contributed by atoms with Crippen molar-refractivity contribution < 1.29 is 13.2 Å². The van der Waals surface area contributed by atoms with Crippen LogP contribution in [-0.2, 0) is 10.2 Å². The number of nitrogens with one attached hydrogen (secondary N) is 1. The lowest BCUT2D eigenvalue weighted by atomic mass is 10.1. The zero-order chi connectivity index (χ0) is 16.8. The van der Waals surface area contributed by atoms with Gasteiger partial charge >= 0.3 is 0 Å². The van der Waals surface area contributed by atoms with E-state index in [0.29, 0.717) is 6.54 Å². The number of methoxy groups -OCH3 is 1. The van der Waals surface area contributed by atoms with Gasteiger partial charge in [-0.3, -0.25) is 4.90 Å². The zero-order valence-electron chi connectivity index (χ0n) is 14.0. The van der Waals surface area contributed by atoms with E-state index in [1.54, 1.807) is 7.11 Å². The molecule has 0 saturated carbocycles. The fourth-order valence-electron chi connectivity index (χ4n) is 2.26. The molecule has 1 aromatic carbocycles. The van der Waals surface area contributed by atoms with Gasteiger partial charge in [-0.2, -0.15) is 12.7 Å². The van der Waals surface area contributed by atoms with Crippen LogP contribution in [0.5, 0.6) is 5.75 Å². The van der Waals surface area contributed by atoms with Crippen molar-refractivity contribution in [2.45, 2.75) is 19.9 Å². The highest BCUT2D eigenvalue weighted by Gasteiger charge is 2.21. The molecule has 0 radical (unpaired) electrons. The summed E-state index contributed by atoms with van der Waals surface area (Å²) < 4.78 is 32.9. The molecule has 1 N–H and O–H groups in total. The maximum absolute atomic E-state index is 11.9. The van der Waals surface area contributed by atoms with Gasteiger partial charge in [-0.15, -0.1) is 0 Å². The molecule has 0 bridgehead atoms. The summed E-state index contributed by atoms with van der Waals surface area (Å²) >= 11 is 0. The molecule has 1 unspecified atom stereocenters. The minimum atomic E-state index is -3.43. The van der Waals surface area contributed by atoms with Gasteiger partial charge in [-0.05, 0) is 30.8 Å². The molecule has 0 saturated heterocycles. The van der Waals surface area contributed by atoms with Gasteiger partial charge in [0, 0.05) is 26.7 Å². The first-order chi connectivity index (χ1) is 10.4. The predicted octanol–water partition coefficient (Wildman–Crippen LogP) is 1.47. The van der Waals surface area contributed by atoms with Crippen LogP contribution in [0.15, 0.2) is 24.3 Å². The van der Waals surface area contributed by atoms with E-state index in [1.165, 1.54) is 18.4 Å². The van der Waals surface area contributed by atoms with Crippen LogP contribution in [0.2, 0.25) is 0 Å². The van der Waals surface area contributed by atoms with Crippen LogP contribution in [0.4, 0.5) is 0 Å². The van der Waals surface area contributed by atoms with Crippen LogP contribution in [0.25, 0.3) is 0 Å². The SMILES string of the molecule is CCN(CC)C(CNS(=O)(=O)N(C)C)c1ccc(OC)cc1. The number of likely N-dealkylation sites (N-methyl/N-ethyl adjacent to an activating group) is 1. The third-order valence-corrected chi connectivity index (χ3v) is 5.19. The Morgan fingerprint density at radius 1 is 1.14 bits per heavy atom. The predicted molar refractivity (Wildman–Crippen MR) is 89.3 cm³/mol. The molecule has 126 valence electrons. The molecule has 0 fully saturated rings. The van der Waals surface area contributed by atoms with Crippen LogP contribution >= 0.6 is 0 Å². The number of ether oxygens (including phenoxy) is 1. The van der Waals surface area contributed by atoms with Crippen molar-refractivity contribution in [1.82, 2.24) is 13.9 Å². The summed E-state index contributed by atoms with van der Waals surface area (Å²) in [7, 11) is 1.23. The number of benzene rings is 1.